The molecule has 3 nitrogen and oxygen atoms in total. The van der Waals surface area contributed by atoms with Crippen molar-refractivity contribution in [3.63, 3.8) is 0 Å². The molecule has 0 saturated heterocycles. The Morgan fingerprint density at radius 1 is 0.923 bits per heavy atom. The highest BCUT2D eigenvalue weighted by atomic mass is 16.3. The largest absolute Gasteiger partial charge is 0.508 e. The van der Waals surface area contributed by atoms with Crippen molar-refractivity contribution in [3.8, 4) is 5.75 Å². The van der Waals surface area contributed by atoms with Gasteiger partial charge in [0.05, 0.1) is 0 Å². The van der Waals surface area contributed by atoms with E-state index < -0.39 is 0 Å². The topological polar surface area (TPSA) is 49.3 Å². The lowest BCUT2D eigenvalue weighted by Gasteiger charge is -2.20. The summed E-state index contributed by atoms with van der Waals surface area (Å²) in [5.74, 6) is 0.0373. The molecular weight excluding hydrogens is 322 g/mol. The Morgan fingerprint density at radius 2 is 1.62 bits per heavy atom. The van der Waals surface area contributed by atoms with Crippen molar-refractivity contribution in [2.75, 3.05) is 5.32 Å². The van der Waals surface area contributed by atoms with Gasteiger partial charge in [-0.1, -0.05) is 58.9 Å². The Labute approximate surface area is 155 Å². The fourth-order valence-electron chi connectivity index (χ4n) is 2.73. The molecule has 3 rings (SSSR count). The number of amides is 1. The average molecular weight is 349 g/mol. The van der Waals surface area contributed by atoms with E-state index in [1.165, 1.54) is 5.56 Å². The van der Waals surface area contributed by atoms with Crippen molar-refractivity contribution in [1.29, 1.82) is 0 Å². The van der Waals surface area contributed by atoms with Crippen LogP contribution in [0.5, 0.6) is 5.75 Å². The van der Waals surface area contributed by atoms with Crippen LogP contribution in [0, 0.1) is 0 Å². The van der Waals surface area contributed by atoms with E-state index in [0.29, 0.717) is 5.56 Å². The molecule has 1 amide bonds. The minimum Gasteiger partial charge on any atom is -0.508 e. The van der Waals surface area contributed by atoms with Crippen molar-refractivity contribution in [3.05, 3.63) is 71.8 Å². The Bertz CT molecular complexity index is 907. The summed E-state index contributed by atoms with van der Waals surface area (Å²) in [6, 6.07) is 18.4. The van der Waals surface area contributed by atoms with Crippen LogP contribution in [0.4, 0.5) is 5.69 Å². The quantitative estimate of drug-likeness (QED) is 0.585. The van der Waals surface area contributed by atoms with Crippen molar-refractivity contribution in [1.82, 2.24) is 0 Å². The molecule has 0 aliphatic carbocycles. The van der Waals surface area contributed by atoms with Crippen molar-refractivity contribution >= 4 is 22.4 Å². The molecular formula is C23H27NO2. The molecule has 0 aliphatic heterocycles. The zero-order chi connectivity index (χ0) is 19.3. The van der Waals surface area contributed by atoms with Crippen LogP contribution in [0.2, 0.25) is 0 Å². The van der Waals surface area contributed by atoms with Crippen LogP contribution in [-0.4, -0.2) is 11.0 Å². The molecule has 3 heteroatoms. The van der Waals surface area contributed by atoms with Gasteiger partial charge in [-0.15, -0.1) is 0 Å². The summed E-state index contributed by atoms with van der Waals surface area (Å²) < 4.78 is 0. The monoisotopic (exact) mass is 349 g/mol. The molecule has 0 unspecified atom stereocenters. The molecule has 3 aromatic rings. The van der Waals surface area contributed by atoms with E-state index in [1.807, 2.05) is 44.2 Å². The second-order valence-corrected chi connectivity index (χ2v) is 7.00. The number of hydrogen-bond acceptors (Lipinski definition) is 2. The van der Waals surface area contributed by atoms with Crippen LogP contribution in [0.1, 0.15) is 50.5 Å². The molecule has 0 saturated carbocycles. The molecule has 0 atom stereocenters. The molecule has 136 valence electrons. The third-order valence-electron chi connectivity index (χ3n) is 4.10. The highest BCUT2D eigenvalue weighted by Gasteiger charge is 2.15. The smallest absolute Gasteiger partial charge is 0.256 e. The summed E-state index contributed by atoms with van der Waals surface area (Å²) in [4.78, 5) is 12.7. The van der Waals surface area contributed by atoms with Gasteiger partial charge in [0.25, 0.3) is 5.91 Å². The summed E-state index contributed by atoms with van der Waals surface area (Å²) in [5.41, 5.74) is 2.57. The van der Waals surface area contributed by atoms with Crippen LogP contribution >= 0.6 is 0 Å². The predicted octanol–water partition coefficient (Wildman–Crippen LogP) is 6.12. The Kier molecular flexibility index (Phi) is 6.04. The zero-order valence-electron chi connectivity index (χ0n) is 16.1. The molecule has 0 heterocycles. The molecule has 26 heavy (non-hydrogen) atoms. The fourth-order valence-corrected chi connectivity index (χ4v) is 2.73. The van der Waals surface area contributed by atoms with Gasteiger partial charge in [0.2, 0.25) is 0 Å². The Morgan fingerprint density at radius 3 is 2.31 bits per heavy atom. The number of carbonyl (C=O) groups excluding carboxylic acids is 1. The van der Waals surface area contributed by atoms with Crippen LogP contribution in [0.3, 0.4) is 0 Å². The first-order chi connectivity index (χ1) is 12.3. The third-order valence-corrected chi connectivity index (χ3v) is 4.10. The second-order valence-electron chi connectivity index (χ2n) is 7.00. The lowest BCUT2D eigenvalue weighted by atomic mass is 9.87. The molecule has 0 aromatic heterocycles. The minimum absolute atomic E-state index is 0.0255. The van der Waals surface area contributed by atoms with E-state index in [2.05, 4.69) is 32.2 Å². The highest BCUT2D eigenvalue weighted by molar-refractivity contribution is 6.13. The summed E-state index contributed by atoms with van der Waals surface area (Å²) in [6.45, 7) is 10.4. The number of hydrogen-bond donors (Lipinski definition) is 2. The maximum Gasteiger partial charge on any atom is 0.256 e. The maximum absolute atomic E-state index is 12.7. The number of aromatic hydroxyl groups is 1. The number of phenolic OH excluding ortho intramolecular Hbond substituents is 1. The van der Waals surface area contributed by atoms with Gasteiger partial charge in [0.1, 0.15) is 5.75 Å². The first-order valence-electron chi connectivity index (χ1n) is 8.98. The summed E-state index contributed by atoms with van der Waals surface area (Å²) >= 11 is 0. The first kappa shape index (κ1) is 19.5. The van der Waals surface area contributed by atoms with Crippen LogP contribution in [0.15, 0.2) is 60.7 Å². The van der Waals surface area contributed by atoms with E-state index in [0.717, 1.165) is 16.5 Å². The van der Waals surface area contributed by atoms with Crippen molar-refractivity contribution in [2.24, 2.45) is 0 Å². The molecule has 0 fully saturated rings. The summed E-state index contributed by atoms with van der Waals surface area (Å²) in [6.07, 6.45) is 0. The molecule has 0 aliphatic rings. The zero-order valence-corrected chi connectivity index (χ0v) is 16.1. The number of benzene rings is 3. The minimum atomic E-state index is -0.155. The summed E-state index contributed by atoms with van der Waals surface area (Å²) in [7, 11) is 0. The average Bonchev–Trinajstić information content (AvgIpc) is 2.62. The highest BCUT2D eigenvalue weighted by Crippen LogP contribution is 2.26. The van der Waals surface area contributed by atoms with Gasteiger partial charge in [-0.05, 0) is 58.1 Å². The second kappa shape index (κ2) is 8.05. The number of anilines is 1. The van der Waals surface area contributed by atoms with E-state index in [9.17, 15) is 9.90 Å². The Balaban J connectivity index is 0.00000117. The number of rotatable bonds is 2. The van der Waals surface area contributed by atoms with Gasteiger partial charge >= 0.3 is 0 Å². The van der Waals surface area contributed by atoms with E-state index in [-0.39, 0.29) is 17.1 Å². The van der Waals surface area contributed by atoms with Crippen LogP contribution in [-0.2, 0) is 5.41 Å². The van der Waals surface area contributed by atoms with Crippen LogP contribution < -0.4 is 5.32 Å². The van der Waals surface area contributed by atoms with E-state index >= 15 is 0 Å². The fraction of sp³-hybridized carbons (Fsp3) is 0.261. The molecule has 0 spiro atoms. The van der Waals surface area contributed by atoms with Gasteiger partial charge in [0.15, 0.2) is 0 Å². The van der Waals surface area contributed by atoms with Crippen LogP contribution in [0.25, 0.3) is 10.8 Å². The molecule has 0 bridgehead atoms. The number of carbonyl (C=O) groups is 1. The maximum atomic E-state index is 12.7. The van der Waals surface area contributed by atoms with Gasteiger partial charge in [0, 0.05) is 11.3 Å². The molecule has 3 aromatic carbocycles. The van der Waals surface area contributed by atoms with Gasteiger partial charge < -0.3 is 10.4 Å². The SMILES string of the molecule is CC.CC(C)(C)c1cccc(NC(=O)c2cccc3cc(O)ccc23)c1. The normalized spacial score (nSPS) is 10.8. The lowest BCUT2D eigenvalue weighted by Crippen LogP contribution is -2.15. The third kappa shape index (κ3) is 4.42. The van der Waals surface area contributed by atoms with E-state index in [4.69, 9.17) is 0 Å². The lowest BCUT2D eigenvalue weighted by molar-refractivity contribution is 0.102. The van der Waals surface area contributed by atoms with Crippen molar-refractivity contribution < 1.29 is 9.90 Å². The number of fused-ring (bicyclic) bond motifs is 1. The Hall–Kier alpha value is -2.81. The summed E-state index contributed by atoms with van der Waals surface area (Å²) in [5, 5.41) is 14.2. The number of nitrogens with one attached hydrogen (secondary N) is 1. The standard InChI is InChI=1S/C21H21NO2.C2H6/c1-21(2,3)15-7-5-8-16(13-15)22-20(24)19-9-4-6-14-12-17(23)10-11-18(14)19;1-2/h4-13,23H,1-3H3,(H,22,24);1-2H3. The van der Waals surface area contributed by atoms with Gasteiger partial charge in [-0.25, -0.2) is 0 Å². The number of phenols is 1. The van der Waals surface area contributed by atoms with Gasteiger partial charge in [-0.3, -0.25) is 4.79 Å². The first-order valence-corrected chi connectivity index (χ1v) is 8.98. The molecule has 0 radical (unpaired) electrons. The van der Waals surface area contributed by atoms with Crippen molar-refractivity contribution in [2.45, 2.75) is 40.0 Å². The predicted molar refractivity (Wildman–Crippen MR) is 110 cm³/mol. The van der Waals surface area contributed by atoms with E-state index in [1.54, 1.807) is 24.3 Å². The van der Waals surface area contributed by atoms with Gasteiger partial charge in [-0.2, -0.15) is 0 Å². The molecule has 2 N–H and O–H groups in total.